The summed E-state index contributed by atoms with van der Waals surface area (Å²) in [7, 11) is 0. The van der Waals surface area contributed by atoms with Crippen LogP contribution in [0.1, 0.15) is 43.3 Å². The van der Waals surface area contributed by atoms with Crippen molar-refractivity contribution < 1.29 is 14.7 Å². The highest BCUT2D eigenvalue weighted by molar-refractivity contribution is 9.10. The van der Waals surface area contributed by atoms with Crippen molar-refractivity contribution in [3.05, 3.63) is 75.7 Å². The molecule has 0 aliphatic carbocycles. The third kappa shape index (κ3) is 4.40. The van der Waals surface area contributed by atoms with Gasteiger partial charge in [0.15, 0.2) is 5.76 Å². The van der Waals surface area contributed by atoms with Crippen molar-refractivity contribution in [3.63, 3.8) is 0 Å². The molecule has 34 heavy (non-hydrogen) atoms. The van der Waals surface area contributed by atoms with Gasteiger partial charge in [0.25, 0.3) is 11.7 Å². The van der Waals surface area contributed by atoms with E-state index in [0.29, 0.717) is 23.6 Å². The van der Waals surface area contributed by atoms with E-state index in [1.807, 2.05) is 42.5 Å². The van der Waals surface area contributed by atoms with Crippen LogP contribution in [0.25, 0.3) is 11.4 Å². The van der Waals surface area contributed by atoms with Crippen molar-refractivity contribution in [1.82, 2.24) is 19.2 Å². The second kappa shape index (κ2) is 10.1. The number of nitrogens with zero attached hydrogens (tertiary/aromatic N) is 4. The fourth-order valence-corrected chi connectivity index (χ4v) is 4.90. The van der Waals surface area contributed by atoms with Gasteiger partial charge < -0.3 is 14.9 Å². The first-order valence-corrected chi connectivity index (χ1v) is 12.4. The molecular weight excluding hydrogens is 496 g/mol. The van der Waals surface area contributed by atoms with E-state index >= 15 is 0 Å². The average molecular weight is 525 g/mol. The topological polar surface area (TPSA) is 78.2 Å². The number of carbonyl (C=O) groups is 2. The molecule has 1 N–H and O–H groups in total. The van der Waals surface area contributed by atoms with Gasteiger partial charge in [-0.15, -0.1) is 0 Å². The summed E-state index contributed by atoms with van der Waals surface area (Å²) in [6.45, 7) is 9.11. The maximum absolute atomic E-state index is 13.3. The number of ketones is 1. The van der Waals surface area contributed by atoms with E-state index in [-0.39, 0.29) is 11.3 Å². The number of carbonyl (C=O) groups excluding carboxylic acids is 2. The SMILES string of the molecule is CCN(CC)CCCN1C(=O)C(=O)/C(=C(/O)c2c(C)nc3ccccn23)[C@@H]1c1ccc(Br)cc1. The largest absolute Gasteiger partial charge is 0.505 e. The summed E-state index contributed by atoms with van der Waals surface area (Å²) < 4.78 is 2.64. The minimum Gasteiger partial charge on any atom is -0.505 e. The van der Waals surface area contributed by atoms with Crippen LogP contribution in [-0.2, 0) is 9.59 Å². The van der Waals surface area contributed by atoms with Gasteiger partial charge in [0.05, 0.1) is 17.3 Å². The summed E-state index contributed by atoms with van der Waals surface area (Å²) in [5.41, 5.74) is 2.56. The standard InChI is InChI=1S/C26H29BrN4O3/c1-4-29(5-2)14-8-16-31-23(18-10-12-19(27)13-11-18)21(25(33)26(31)34)24(32)22-17(3)28-20-9-6-7-15-30(20)22/h6-7,9-13,15,23,32H,4-5,8,14,16H2,1-3H3/b24-21+/t23-/m0/s1. The van der Waals surface area contributed by atoms with Crippen LogP contribution in [-0.4, -0.2) is 62.2 Å². The van der Waals surface area contributed by atoms with Crippen LogP contribution in [0.5, 0.6) is 0 Å². The summed E-state index contributed by atoms with van der Waals surface area (Å²) >= 11 is 3.45. The third-order valence-corrected chi connectivity index (χ3v) is 6.95. The number of aliphatic hydroxyl groups is 1. The van der Waals surface area contributed by atoms with Crippen LogP contribution in [0.15, 0.2) is 58.7 Å². The van der Waals surface area contributed by atoms with E-state index in [0.717, 1.165) is 36.1 Å². The number of halogens is 1. The maximum atomic E-state index is 13.3. The zero-order valence-electron chi connectivity index (χ0n) is 19.7. The number of aryl methyl sites for hydroxylation is 1. The number of hydrogen-bond acceptors (Lipinski definition) is 5. The van der Waals surface area contributed by atoms with Gasteiger partial charge in [-0.3, -0.25) is 14.0 Å². The van der Waals surface area contributed by atoms with Gasteiger partial charge in [0.2, 0.25) is 0 Å². The number of pyridine rings is 1. The molecule has 8 heteroatoms. The molecular formula is C26H29BrN4O3. The normalized spacial score (nSPS) is 17.9. The monoisotopic (exact) mass is 524 g/mol. The Labute approximate surface area is 207 Å². The summed E-state index contributed by atoms with van der Waals surface area (Å²) in [6, 6.07) is 12.4. The number of hydrogen-bond donors (Lipinski definition) is 1. The minimum absolute atomic E-state index is 0.101. The molecule has 1 saturated heterocycles. The lowest BCUT2D eigenvalue weighted by molar-refractivity contribution is -0.140. The van der Waals surface area contributed by atoms with Crippen LogP contribution >= 0.6 is 15.9 Å². The fourth-order valence-electron chi connectivity index (χ4n) is 4.63. The lowest BCUT2D eigenvalue weighted by Crippen LogP contribution is -2.33. The predicted octanol–water partition coefficient (Wildman–Crippen LogP) is 4.56. The predicted molar refractivity (Wildman–Crippen MR) is 135 cm³/mol. The number of likely N-dealkylation sites (tertiary alicyclic amines) is 1. The zero-order valence-corrected chi connectivity index (χ0v) is 21.2. The molecule has 3 aromatic rings. The Bertz CT molecular complexity index is 1240. The molecule has 4 rings (SSSR count). The van der Waals surface area contributed by atoms with Crippen LogP contribution in [0.2, 0.25) is 0 Å². The number of benzene rings is 1. The molecule has 178 valence electrons. The molecule has 1 amide bonds. The minimum atomic E-state index is -0.668. The van der Waals surface area contributed by atoms with Gasteiger partial charge in [-0.1, -0.05) is 48.0 Å². The average Bonchev–Trinajstić information content (AvgIpc) is 3.30. The highest BCUT2D eigenvalue weighted by Gasteiger charge is 2.46. The number of Topliss-reactive ketones (excluding diaryl/α,β-unsaturated/α-hetero) is 1. The smallest absolute Gasteiger partial charge is 0.295 e. The number of rotatable bonds is 8. The van der Waals surface area contributed by atoms with Gasteiger partial charge in [-0.2, -0.15) is 0 Å². The lowest BCUT2D eigenvalue weighted by Gasteiger charge is -2.26. The molecule has 0 radical (unpaired) electrons. The second-order valence-corrected chi connectivity index (χ2v) is 9.31. The van der Waals surface area contributed by atoms with Crippen LogP contribution in [0, 0.1) is 6.92 Å². The molecule has 1 atom stereocenters. The van der Waals surface area contributed by atoms with Gasteiger partial charge in [-0.25, -0.2) is 4.98 Å². The van der Waals surface area contributed by atoms with E-state index in [2.05, 4.69) is 39.7 Å². The number of amides is 1. The highest BCUT2D eigenvalue weighted by atomic mass is 79.9. The van der Waals surface area contributed by atoms with Gasteiger partial charge >= 0.3 is 0 Å². The molecule has 0 bridgehead atoms. The maximum Gasteiger partial charge on any atom is 0.295 e. The van der Waals surface area contributed by atoms with Crippen molar-refractivity contribution in [2.75, 3.05) is 26.2 Å². The van der Waals surface area contributed by atoms with E-state index in [9.17, 15) is 14.7 Å². The summed E-state index contributed by atoms with van der Waals surface area (Å²) in [4.78, 5) is 34.9. The van der Waals surface area contributed by atoms with Gasteiger partial charge in [0.1, 0.15) is 11.3 Å². The third-order valence-electron chi connectivity index (χ3n) is 6.42. The Morgan fingerprint density at radius 3 is 2.50 bits per heavy atom. The molecule has 1 aliphatic rings. The summed E-state index contributed by atoms with van der Waals surface area (Å²) in [5.74, 6) is -1.45. The first-order valence-electron chi connectivity index (χ1n) is 11.6. The molecule has 3 heterocycles. The Kier molecular flexibility index (Phi) is 7.19. The van der Waals surface area contributed by atoms with Crippen molar-refractivity contribution in [2.45, 2.75) is 33.2 Å². The van der Waals surface area contributed by atoms with Crippen molar-refractivity contribution in [3.8, 4) is 0 Å². The first-order chi connectivity index (χ1) is 16.4. The van der Waals surface area contributed by atoms with Crippen LogP contribution < -0.4 is 0 Å². The van der Waals surface area contributed by atoms with Crippen molar-refractivity contribution in [2.24, 2.45) is 0 Å². The van der Waals surface area contributed by atoms with E-state index < -0.39 is 17.7 Å². The van der Waals surface area contributed by atoms with E-state index in [1.54, 1.807) is 22.4 Å². The summed E-state index contributed by atoms with van der Waals surface area (Å²) in [5, 5.41) is 11.5. The second-order valence-electron chi connectivity index (χ2n) is 8.40. The molecule has 1 aromatic carbocycles. The summed E-state index contributed by atoms with van der Waals surface area (Å²) in [6.07, 6.45) is 2.52. The van der Waals surface area contributed by atoms with Gasteiger partial charge in [-0.05, 0) is 62.8 Å². The Morgan fingerprint density at radius 1 is 1.12 bits per heavy atom. The lowest BCUT2D eigenvalue weighted by atomic mass is 9.96. The van der Waals surface area contributed by atoms with Crippen LogP contribution in [0.3, 0.4) is 0 Å². The molecule has 0 spiro atoms. The molecule has 7 nitrogen and oxygen atoms in total. The molecule has 1 aliphatic heterocycles. The number of imidazole rings is 1. The van der Waals surface area contributed by atoms with Crippen molar-refractivity contribution >= 4 is 39.0 Å². The quantitative estimate of drug-likeness (QED) is 0.265. The molecule has 1 fully saturated rings. The fraction of sp³-hybridized carbons (Fsp3) is 0.346. The Balaban J connectivity index is 1.81. The Morgan fingerprint density at radius 2 is 1.82 bits per heavy atom. The van der Waals surface area contributed by atoms with E-state index in [4.69, 9.17) is 0 Å². The molecule has 0 saturated carbocycles. The van der Waals surface area contributed by atoms with Gasteiger partial charge in [0, 0.05) is 17.2 Å². The van der Waals surface area contributed by atoms with Crippen LogP contribution in [0.4, 0.5) is 0 Å². The first kappa shape index (κ1) is 24.2. The number of aliphatic hydroxyl groups excluding tert-OH is 1. The Hall–Kier alpha value is -2.97. The highest BCUT2D eigenvalue weighted by Crippen LogP contribution is 2.40. The zero-order chi connectivity index (χ0) is 24.4. The van der Waals surface area contributed by atoms with E-state index in [1.165, 1.54) is 0 Å². The molecule has 0 unspecified atom stereocenters. The number of fused-ring (bicyclic) bond motifs is 1. The van der Waals surface area contributed by atoms with Crippen molar-refractivity contribution in [1.29, 1.82) is 0 Å². The number of aromatic nitrogens is 2. The molecule has 2 aromatic heterocycles.